The number of rotatable bonds is 4. The first kappa shape index (κ1) is 12.1. The van der Waals surface area contributed by atoms with Crippen molar-refractivity contribution in [3.8, 4) is 0 Å². The van der Waals surface area contributed by atoms with Crippen molar-refractivity contribution in [3.63, 3.8) is 0 Å². The van der Waals surface area contributed by atoms with Gasteiger partial charge >= 0.3 is 0 Å². The summed E-state index contributed by atoms with van der Waals surface area (Å²) in [5, 5.41) is 2.84. The van der Waals surface area contributed by atoms with Gasteiger partial charge in [-0.25, -0.2) is 0 Å². The fourth-order valence-electron chi connectivity index (χ4n) is 1.42. The van der Waals surface area contributed by atoms with Gasteiger partial charge in [-0.3, -0.25) is 9.78 Å². The maximum atomic E-state index is 11.7. The normalized spacial score (nSPS) is 10.2. The average Bonchev–Trinajstić information content (AvgIpc) is 2.90. The number of carbonyl (C=O) groups is 1. The molecule has 0 radical (unpaired) electrons. The Morgan fingerprint density at radius 2 is 2.24 bits per heavy atom. The van der Waals surface area contributed by atoms with E-state index in [1.807, 2.05) is 24.3 Å². The Hall–Kier alpha value is -1.39. The molecule has 0 unspecified atom stereocenters. The standard InChI is InChI=1S/C12H11ClN2OS/c13-5-9-2-1-3-10(4-9)6-15-12(16)11-7-14-8-17-11/h1-4,7-8H,5-6H2,(H,15,16). The summed E-state index contributed by atoms with van der Waals surface area (Å²) < 4.78 is 0. The molecule has 3 nitrogen and oxygen atoms in total. The van der Waals surface area contributed by atoms with Crippen molar-refractivity contribution in [1.29, 1.82) is 0 Å². The molecule has 2 aromatic rings. The molecule has 0 fully saturated rings. The zero-order valence-electron chi connectivity index (χ0n) is 9.02. The summed E-state index contributed by atoms with van der Waals surface area (Å²) in [7, 11) is 0. The Kier molecular flexibility index (Phi) is 4.12. The van der Waals surface area contributed by atoms with E-state index in [0.717, 1.165) is 11.1 Å². The molecule has 1 heterocycles. The van der Waals surface area contributed by atoms with Crippen molar-refractivity contribution in [3.05, 3.63) is 52.0 Å². The van der Waals surface area contributed by atoms with Crippen molar-refractivity contribution in [2.24, 2.45) is 0 Å². The molecule has 0 aliphatic rings. The summed E-state index contributed by atoms with van der Waals surface area (Å²) in [5.41, 5.74) is 3.74. The number of halogens is 1. The van der Waals surface area contributed by atoms with E-state index in [9.17, 15) is 4.79 Å². The van der Waals surface area contributed by atoms with Gasteiger partial charge in [-0.05, 0) is 11.1 Å². The Labute approximate surface area is 108 Å². The second-order valence-electron chi connectivity index (χ2n) is 3.50. The molecule has 5 heteroatoms. The number of hydrogen-bond acceptors (Lipinski definition) is 3. The SMILES string of the molecule is O=C(NCc1cccc(CCl)c1)c1cncs1. The van der Waals surface area contributed by atoms with Crippen molar-refractivity contribution in [1.82, 2.24) is 10.3 Å². The molecule has 0 bridgehead atoms. The molecule has 0 aliphatic heterocycles. The second-order valence-corrected chi connectivity index (χ2v) is 4.66. The molecule has 1 amide bonds. The number of thiazole rings is 1. The van der Waals surface area contributed by atoms with Gasteiger partial charge in [0.15, 0.2) is 0 Å². The quantitative estimate of drug-likeness (QED) is 0.865. The van der Waals surface area contributed by atoms with E-state index in [-0.39, 0.29) is 5.91 Å². The van der Waals surface area contributed by atoms with Gasteiger partial charge in [-0.15, -0.1) is 22.9 Å². The summed E-state index contributed by atoms with van der Waals surface area (Å²) in [6, 6.07) is 7.84. The molecule has 1 aromatic heterocycles. The van der Waals surface area contributed by atoms with Gasteiger partial charge < -0.3 is 5.32 Å². The summed E-state index contributed by atoms with van der Waals surface area (Å²) in [6.07, 6.45) is 1.56. The van der Waals surface area contributed by atoms with E-state index in [0.29, 0.717) is 17.3 Å². The highest BCUT2D eigenvalue weighted by molar-refractivity contribution is 7.11. The molecule has 0 spiro atoms. The van der Waals surface area contributed by atoms with E-state index in [1.165, 1.54) is 11.3 Å². The van der Waals surface area contributed by atoms with Gasteiger partial charge in [0.2, 0.25) is 0 Å². The molecule has 0 saturated heterocycles. The Balaban J connectivity index is 1.95. The molecule has 1 N–H and O–H groups in total. The Bertz CT molecular complexity index is 499. The van der Waals surface area contributed by atoms with Crippen LogP contribution in [0.5, 0.6) is 0 Å². The predicted octanol–water partition coefficient (Wildman–Crippen LogP) is 2.81. The van der Waals surface area contributed by atoms with Crippen LogP contribution in [0.1, 0.15) is 20.8 Å². The lowest BCUT2D eigenvalue weighted by Crippen LogP contribution is -2.21. The number of amides is 1. The van der Waals surface area contributed by atoms with Crippen LogP contribution in [0.4, 0.5) is 0 Å². The van der Waals surface area contributed by atoms with Crippen molar-refractivity contribution < 1.29 is 4.79 Å². The smallest absolute Gasteiger partial charge is 0.263 e. The summed E-state index contributed by atoms with van der Waals surface area (Å²) >= 11 is 7.08. The molecule has 88 valence electrons. The lowest BCUT2D eigenvalue weighted by Gasteiger charge is -2.04. The van der Waals surface area contributed by atoms with Crippen molar-refractivity contribution in [2.45, 2.75) is 12.4 Å². The molecule has 0 atom stereocenters. The maximum absolute atomic E-state index is 11.7. The number of nitrogens with zero attached hydrogens (tertiary/aromatic N) is 1. The number of carbonyl (C=O) groups excluding carboxylic acids is 1. The van der Waals surface area contributed by atoms with Crippen LogP contribution in [-0.2, 0) is 12.4 Å². The third-order valence-electron chi connectivity index (χ3n) is 2.25. The van der Waals surface area contributed by atoms with Crippen LogP contribution >= 0.6 is 22.9 Å². The van der Waals surface area contributed by atoms with Crippen LogP contribution in [0.25, 0.3) is 0 Å². The summed E-state index contributed by atoms with van der Waals surface area (Å²) in [6.45, 7) is 0.501. The minimum Gasteiger partial charge on any atom is -0.347 e. The monoisotopic (exact) mass is 266 g/mol. The van der Waals surface area contributed by atoms with E-state index in [4.69, 9.17) is 11.6 Å². The van der Waals surface area contributed by atoms with E-state index in [1.54, 1.807) is 11.7 Å². The zero-order chi connectivity index (χ0) is 12.1. The topological polar surface area (TPSA) is 42.0 Å². The molecular weight excluding hydrogens is 256 g/mol. The summed E-state index contributed by atoms with van der Waals surface area (Å²) in [5.74, 6) is 0.389. The number of nitrogens with one attached hydrogen (secondary N) is 1. The Morgan fingerprint density at radius 1 is 1.41 bits per heavy atom. The lowest BCUT2D eigenvalue weighted by atomic mass is 10.1. The van der Waals surface area contributed by atoms with Gasteiger partial charge in [0.05, 0.1) is 11.7 Å². The van der Waals surface area contributed by atoms with Gasteiger partial charge in [0.1, 0.15) is 4.88 Å². The van der Waals surface area contributed by atoms with Crippen LogP contribution < -0.4 is 5.32 Å². The summed E-state index contributed by atoms with van der Waals surface area (Å²) in [4.78, 5) is 16.2. The number of aromatic nitrogens is 1. The van der Waals surface area contributed by atoms with Gasteiger partial charge in [-0.2, -0.15) is 0 Å². The van der Waals surface area contributed by atoms with Crippen LogP contribution in [0, 0.1) is 0 Å². The number of hydrogen-bond donors (Lipinski definition) is 1. The first-order chi connectivity index (χ1) is 8.29. The molecule has 17 heavy (non-hydrogen) atoms. The third kappa shape index (κ3) is 3.28. The van der Waals surface area contributed by atoms with Crippen LogP contribution in [0.3, 0.4) is 0 Å². The Morgan fingerprint density at radius 3 is 2.94 bits per heavy atom. The molecule has 0 aliphatic carbocycles. The lowest BCUT2D eigenvalue weighted by molar-refractivity contribution is 0.0955. The van der Waals surface area contributed by atoms with Gasteiger partial charge in [0.25, 0.3) is 5.91 Å². The first-order valence-corrected chi connectivity index (χ1v) is 6.51. The number of alkyl halides is 1. The van der Waals surface area contributed by atoms with Crippen LogP contribution in [0.2, 0.25) is 0 Å². The van der Waals surface area contributed by atoms with E-state index >= 15 is 0 Å². The fourth-order valence-corrected chi connectivity index (χ4v) is 2.12. The third-order valence-corrected chi connectivity index (χ3v) is 3.34. The van der Waals surface area contributed by atoms with E-state index in [2.05, 4.69) is 10.3 Å². The minimum absolute atomic E-state index is 0.0937. The van der Waals surface area contributed by atoms with Gasteiger partial charge in [0, 0.05) is 12.4 Å². The molecular formula is C12H11ClN2OS. The maximum Gasteiger partial charge on any atom is 0.263 e. The highest BCUT2D eigenvalue weighted by atomic mass is 35.5. The molecule has 1 aromatic carbocycles. The van der Waals surface area contributed by atoms with Crippen molar-refractivity contribution in [2.75, 3.05) is 0 Å². The fraction of sp³-hybridized carbons (Fsp3) is 0.167. The second kappa shape index (κ2) is 5.80. The van der Waals surface area contributed by atoms with Crippen molar-refractivity contribution >= 4 is 28.8 Å². The van der Waals surface area contributed by atoms with E-state index < -0.39 is 0 Å². The molecule has 0 saturated carbocycles. The average molecular weight is 267 g/mol. The first-order valence-electron chi connectivity index (χ1n) is 5.10. The highest BCUT2D eigenvalue weighted by Gasteiger charge is 2.06. The zero-order valence-corrected chi connectivity index (χ0v) is 10.6. The van der Waals surface area contributed by atoms with Crippen LogP contribution in [0.15, 0.2) is 36.0 Å². The number of benzene rings is 1. The highest BCUT2D eigenvalue weighted by Crippen LogP contribution is 2.09. The van der Waals surface area contributed by atoms with Crippen LogP contribution in [-0.4, -0.2) is 10.9 Å². The largest absolute Gasteiger partial charge is 0.347 e. The molecule has 2 rings (SSSR count). The minimum atomic E-state index is -0.0937. The predicted molar refractivity (Wildman–Crippen MR) is 69.3 cm³/mol. The van der Waals surface area contributed by atoms with Gasteiger partial charge in [-0.1, -0.05) is 24.3 Å².